The molecule has 0 atom stereocenters. The average Bonchev–Trinajstić information content (AvgIpc) is 3.09. The topological polar surface area (TPSA) is 68.5 Å². The number of benzene rings is 2. The highest BCUT2D eigenvalue weighted by atomic mass is 35.5. The second-order valence-corrected chi connectivity index (χ2v) is 8.44. The first kappa shape index (κ1) is 21.2. The van der Waals surface area contributed by atoms with Crippen LogP contribution in [0.25, 0.3) is 16.8 Å². The second-order valence-electron chi connectivity index (χ2n) is 7.00. The number of fused-ring (bicyclic) bond motifs is 1. The van der Waals surface area contributed by atoms with E-state index < -0.39 is 0 Å². The first-order chi connectivity index (χ1) is 14.9. The highest BCUT2D eigenvalue weighted by Gasteiger charge is 2.17. The molecule has 0 spiro atoms. The lowest BCUT2D eigenvalue weighted by Gasteiger charge is -2.08. The molecule has 0 aliphatic carbocycles. The van der Waals surface area contributed by atoms with Gasteiger partial charge in [-0.3, -0.25) is 4.79 Å². The fraction of sp³-hybridized carbons (Fsp3) is 0.174. The van der Waals surface area contributed by atoms with Crippen LogP contribution < -0.4 is 10.1 Å². The number of carbonyl (C=O) groups excluding carboxylic acids is 1. The lowest BCUT2D eigenvalue weighted by atomic mass is 10.1. The van der Waals surface area contributed by atoms with Gasteiger partial charge in [0.05, 0.1) is 18.6 Å². The van der Waals surface area contributed by atoms with E-state index in [0.29, 0.717) is 5.02 Å². The highest BCUT2D eigenvalue weighted by molar-refractivity contribution is 7.99. The van der Waals surface area contributed by atoms with Gasteiger partial charge in [0.1, 0.15) is 10.8 Å². The van der Waals surface area contributed by atoms with Crippen LogP contribution in [0.2, 0.25) is 5.02 Å². The molecule has 6 nitrogen and oxygen atoms in total. The predicted octanol–water partition coefficient (Wildman–Crippen LogP) is 5.41. The van der Waals surface area contributed by atoms with Gasteiger partial charge < -0.3 is 10.1 Å². The van der Waals surface area contributed by atoms with Crippen LogP contribution in [0.15, 0.2) is 59.6 Å². The van der Waals surface area contributed by atoms with E-state index in [9.17, 15) is 4.79 Å². The summed E-state index contributed by atoms with van der Waals surface area (Å²) in [5, 5.41) is 9.13. The summed E-state index contributed by atoms with van der Waals surface area (Å²) in [6.45, 7) is 3.90. The molecule has 0 bridgehead atoms. The van der Waals surface area contributed by atoms with Gasteiger partial charge in [0.15, 0.2) is 5.65 Å². The Morgan fingerprint density at radius 1 is 1.13 bits per heavy atom. The van der Waals surface area contributed by atoms with Gasteiger partial charge in [0, 0.05) is 22.0 Å². The van der Waals surface area contributed by atoms with Gasteiger partial charge >= 0.3 is 0 Å². The monoisotopic (exact) mass is 452 g/mol. The summed E-state index contributed by atoms with van der Waals surface area (Å²) >= 11 is 7.46. The average molecular weight is 453 g/mol. The van der Waals surface area contributed by atoms with Gasteiger partial charge in [-0.15, -0.1) is 0 Å². The van der Waals surface area contributed by atoms with Crippen LogP contribution in [-0.2, 0) is 4.79 Å². The second kappa shape index (κ2) is 8.99. The lowest BCUT2D eigenvalue weighted by molar-refractivity contribution is -0.113. The van der Waals surface area contributed by atoms with Crippen molar-refractivity contribution in [3.05, 3.63) is 71.0 Å². The molecule has 31 heavy (non-hydrogen) atoms. The number of anilines is 1. The molecule has 2 aromatic carbocycles. The fourth-order valence-electron chi connectivity index (χ4n) is 3.28. The summed E-state index contributed by atoms with van der Waals surface area (Å²) in [5.74, 6) is 0.895. The van der Waals surface area contributed by atoms with E-state index in [-0.39, 0.29) is 11.7 Å². The van der Waals surface area contributed by atoms with Crippen molar-refractivity contribution in [3.63, 3.8) is 0 Å². The molecule has 0 unspecified atom stereocenters. The molecule has 0 radical (unpaired) electrons. The normalized spacial score (nSPS) is 11.0. The summed E-state index contributed by atoms with van der Waals surface area (Å²) in [6.07, 6.45) is 0. The molecule has 0 fully saturated rings. The number of aryl methyl sites for hydroxylation is 2. The SMILES string of the molecule is COc1ccc(NC(=O)CSc2cc(C)nc3c(-c4ccc(Cl)cc4)c(C)nn23)cc1. The van der Waals surface area contributed by atoms with Crippen molar-refractivity contribution in [2.75, 3.05) is 18.2 Å². The summed E-state index contributed by atoms with van der Waals surface area (Å²) < 4.78 is 6.95. The molecule has 4 aromatic rings. The number of amides is 1. The molecule has 8 heteroatoms. The van der Waals surface area contributed by atoms with E-state index in [4.69, 9.17) is 21.3 Å². The van der Waals surface area contributed by atoms with Crippen LogP contribution in [-0.4, -0.2) is 33.4 Å². The van der Waals surface area contributed by atoms with Crippen molar-refractivity contribution in [2.24, 2.45) is 0 Å². The van der Waals surface area contributed by atoms with Crippen molar-refractivity contribution in [2.45, 2.75) is 18.9 Å². The van der Waals surface area contributed by atoms with Gasteiger partial charge in [-0.05, 0) is 61.9 Å². The predicted molar refractivity (Wildman–Crippen MR) is 125 cm³/mol. The van der Waals surface area contributed by atoms with Gasteiger partial charge in [0.2, 0.25) is 5.91 Å². The van der Waals surface area contributed by atoms with Crippen molar-refractivity contribution in [3.8, 4) is 16.9 Å². The van der Waals surface area contributed by atoms with Crippen LogP contribution in [0.3, 0.4) is 0 Å². The minimum absolute atomic E-state index is 0.0976. The molecular formula is C23H21ClN4O2S. The zero-order chi connectivity index (χ0) is 22.0. The number of thioether (sulfide) groups is 1. The van der Waals surface area contributed by atoms with Gasteiger partial charge in [-0.2, -0.15) is 5.10 Å². The van der Waals surface area contributed by atoms with Crippen LogP contribution in [0.1, 0.15) is 11.4 Å². The summed E-state index contributed by atoms with van der Waals surface area (Å²) in [7, 11) is 1.61. The third-order valence-electron chi connectivity index (χ3n) is 4.72. The number of aromatic nitrogens is 3. The van der Waals surface area contributed by atoms with E-state index in [1.807, 2.05) is 68.4 Å². The first-order valence-electron chi connectivity index (χ1n) is 9.64. The van der Waals surface area contributed by atoms with Gasteiger partial charge in [-0.25, -0.2) is 9.50 Å². The van der Waals surface area contributed by atoms with E-state index in [1.165, 1.54) is 11.8 Å². The van der Waals surface area contributed by atoms with Gasteiger partial charge in [-0.1, -0.05) is 35.5 Å². The van der Waals surface area contributed by atoms with Crippen LogP contribution >= 0.6 is 23.4 Å². The number of carbonyl (C=O) groups is 1. The standard InChI is InChI=1S/C23H21ClN4O2S/c1-14-12-21(31-13-20(29)26-18-8-10-19(30-3)11-9-18)28-23(25-14)22(15(2)27-28)16-4-6-17(24)7-5-16/h4-12H,13H2,1-3H3,(H,26,29). The Morgan fingerprint density at radius 2 is 1.84 bits per heavy atom. The quantitative estimate of drug-likeness (QED) is 0.313. The number of ether oxygens (including phenoxy) is 1. The van der Waals surface area contributed by atoms with E-state index in [2.05, 4.69) is 10.4 Å². The van der Waals surface area contributed by atoms with Crippen molar-refractivity contribution in [1.29, 1.82) is 0 Å². The lowest BCUT2D eigenvalue weighted by Crippen LogP contribution is -2.14. The molecule has 0 saturated carbocycles. The van der Waals surface area contributed by atoms with E-state index >= 15 is 0 Å². The van der Waals surface area contributed by atoms with E-state index in [1.54, 1.807) is 11.6 Å². The Bertz CT molecular complexity index is 1240. The van der Waals surface area contributed by atoms with Crippen molar-refractivity contribution in [1.82, 2.24) is 14.6 Å². The Labute approximate surface area is 189 Å². The first-order valence-corrected chi connectivity index (χ1v) is 11.0. The number of nitrogens with zero attached hydrogens (tertiary/aromatic N) is 3. The smallest absolute Gasteiger partial charge is 0.234 e. The summed E-state index contributed by atoms with van der Waals surface area (Å²) in [6, 6.07) is 16.8. The molecular weight excluding hydrogens is 432 g/mol. The maximum absolute atomic E-state index is 12.5. The molecule has 0 aliphatic rings. The van der Waals surface area contributed by atoms with Crippen LogP contribution in [0.5, 0.6) is 5.75 Å². The molecule has 4 rings (SSSR count). The zero-order valence-corrected chi connectivity index (χ0v) is 18.9. The Hall–Kier alpha value is -3.03. The Kier molecular flexibility index (Phi) is 6.15. The zero-order valence-electron chi connectivity index (χ0n) is 17.3. The molecule has 1 N–H and O–H groups in total. The van der Waals surface area contributed by atoms with Crippen molar-refractivity contribution < 1.29 is 9.53 Å². The maximum Gasteiger partial charge on any atom is 0.234 e. The molecule has 0 aliphatic heterocycles. The van der Waals surface area contributed by atoms with E-state index in [0.717, 1.165) is 44.6 Å². The third kappa shape index (κ3) is 4.68. The van der Waals surface area contributed by atoms with Crippen LogP contribution in [0, 0.1) is 13.8 Å². The van der Waals surface area contributed by atoms with Gasteiger partial charge in [0.25, 0.3) is 0 Å². The number of rotatable bonds is 6. The number of nitrogens with one attached hydrogen (secondary N) is 1. The molecule has 0 saturated heterocycles. The molecule has 2 heterocycles. The minimum atomic E-state index is -0.0976. The number of hydrogen-bond acceptors (Lipinski definition) is 5. The fourth-order valence-corrected chi connectivity index (χ4v) is 4.26. The third-order valence-corrected chi connectivity index (χ3v) is 5.96. The summed E-state index contributed by atoms with van der Waals surface area (Å²) in [5.41, 5.74) is 5.18. The molecule has 158 valence electrons. The Balaban J connectivity index is 1.57. The maximum atomic E-state index is 12.5. The minimum Gasteiger partial charge on any atom is -0.497 e. The number of hydrogen-bond donors (Lipinski definition) is 1. The molecule has 2 aromatic heterocycles. The molecule has 1 amide bonds. The largest absolute Gasteiger partial charge is 0.497 e. The van der Waals surface area contributed by atoms with Crippen LogP contribution in [0.4, 0.5) is 5.69 Å². The number of halogens is 1. The van der Waals surface area contributed by atoms with Crippen molar-refractivity contribution >= 4 is 40.6 Å². The Morgan fingerprint density at radius 3 is 2.52 bits per heavy atom. The summed E-state index contributed by atoms with van der Waals surface area (Å²) in [4.78, 5) is 17.2. The number of methoxy groups -OCH3 is 1. The highest BCUT2D eigenvalue weighted by Crippen LogP contribution is 2.31.